The molecule has 126 valence electrons. The molecule has 4 nitrogen and oxygen atoms in total. The first kappa shape index (κ1) is 16.1. The minimum absolute atomic E-state index is 0.249. The van der Waals surface area contributed by atoms with E-state index >= 15 is 0 Å². The Bertz CT molecular complexity index is 855. The fourth-order valence-electron chi connectivity index (χ4n) is 3.68. The maximum Gasteiger partial charge on any atom is 0.245 e. The van der Waals surface area contributed by atoms with Crippen LogP contribution in [0.5, 0.6) is 0 Å². The van der Waals surface area contributed by atoms with E-state index in [0.717, 1.165) is 35.1 Å². The second kappa shape index (κ2) is 6.17. The zero-order valence-electron chi connectivity index (χ0n) is 13.2. The zero-order chi connectivity index (χ0) is 16.7. The Kier molecular flexibility index (Phi) is 4.14. The number of rotatable bonds is 2. The number of benzene rings is 2. The first-order chi connectivity index (χ1) is 11.6. The summed E-state index contributed by atoms with van der Waals surface area (Å²) in [6.45, 7) is 1.88. The highest BCUT2D eigenvalue weighted by molar-refractivity contribution is 9.10. The van der Waals surface area contributed by atoms with Gasteiger partial charge in [-0.25, -0.2) is 8.42 Å². The lowest BCUT2D eigenvalue weighted by Gasteiger charge is -2.26. The lowest BCUT2D eigenvalue weighted by Crippen LogP contribution is -2.39. The summed E-state index contributed by atoms with van der Waals surface area (Å²) in [5.41, 5.74) is 1.86. The highest BCUT2D eigenvalue weighted by Gasteiger charge is 2.39. The van der Waals surface area contributed by atoms with Crippen LogP contribution in [0.3, 0.4) is 0 Å². The van der Waals surface area contributed by atoms with Gasteiger partial charge in [-0.15, -0.1) is 0 Å². The first-order valence-corrected chi connectivity index (χ1v) is 10.4. The number of fused-ring (bicyclic) bond motifs is 3. The lowest BCUT2D eigenvalue weighted by atomic mass is 10.2. The zero-order valence-corrected chi connectivity index (χ0v) is 15.6. The van der Waals surface area contributed by atoms with E-state index in [1.165, 1.54) is 0 Å². The number of hydrogen-bond acceptors (Lipinski definition) is 3. The average molecular weight is 407 g/mol. The Morgan fingerprint density at radius 2 is 1.92 bits per heavy atom. The lowest BCUT2D eigenvalue weighted by molar-refractivity contribution is 0.383. The topological polar surface area (TPSA) is 40.6 Å². The van der Waals surface area contributed by atoms with Crippen LogP contribution in [0.25, 0.3) is 0 Å². The number of anilines is 1. The predicted molar refractivity (Wildman–Crippen MR) is 98.5 cm³/mol. The molecule has 0 bridgehead atoms. The molecule has 2 aromatic rings. The van der Waals surface area contributed by atoms with Crippen molar-refractivity contribution in [3.05, 3.63) is 58.6 Å². The van der Waals surface area contributed by atoms with E-state index in [4.69, 9.17) is 0 Å². The van der Waals surface area contributed by atoms with Crippen molar-refractivity contribution in [2.45, 2.75) is 30.3 Å². The quantitative estimate of drug-likeness (QED) is 0.764. The van der Waals surface area contributed by atoms with Crippen LogP contribution >= 0.6 is 15.9 Å². The molecule has 2 heterocycles. The number of sulfonamides is 1. The summed E-state index contributed by atoms with van der Waals surface area (Å²) in [6.07, 6.45) is 2.14. The van der Waals surface area contributed by atoms with Gasteiger partial charge in [0.15, 0.2) is 0 Å². The van der Waals surface area contributed by atoms with Crippen LogP contribution < -0.4 is 4.90 Å². The standard InChI is InChI=1S/C18H19BrN2O2S/c19-15-8-9-18-17(11-15)21-10-4-7-16(21)13-20(24(18,22)23)12-14-5-2-1-3-6-14/h1-3,5-6,8-9,11,16H,4,7,10,12-13H2/t16-/m0/s1. The molecule has 4 rings (SSSR count). The third-order valence-electron chi connectivity index (χ3n) is 4.84. The highest BCUT2D eigenvalue weighted by Crippen LogP contribution is 2.39. The molecular formula is C18H19BrN2O2S. The maximum absolute atomic E-state index is 13.3. The Morgan fingerprint density at radius 3 is 2.71 bits per heavy atom. The Hall–Kier alpha value is -1.37. The predicted octanol–water partition coefficient (Wildman–Crippen LogP) is 3.62. The first-order valence-electron chi connectivity index (χ1n) is 8.16. The SMILES string of the molecule is O=S1(=O)c2ccc(Br)cc2N2CCC[C@H]2CN1Cc1ccccc1. The van der Waals surface area contributed by atoms with Crippen molar-refractivity contribution in [1.82, 2.24) is 4.31 Å². The number of nitrogens with zero attached hydrogens (tertiary/aromatic N) is 2. The summed E-state index contributed by atoms with van der Waals surface area (Å²) in [5.74, 6) is 0. The van der Waals surface area contributed by atoms with E-state index in [-0.39, 0.29) is 6.04 Å². The molecule has 0 amide bonds. The van der Waals surface area contributed by atoms with Gasteiger partial charge >= 0.3 is 0 Å². The number of halogens is 1. The van der Waals surface area contributed by atoms with Crippen LogP contribution in [-0.4, -0.2) is 31.9 Å². The molecule has 24 heavy (non-hydrogen) atoms. The van der Waals surface area contributed by atoms with Crippen LogP contribution in [0.1, 0.15) is 18.4 Å². The van der Waals surface area contributed by atoms with Crippen molar-refractivity contribution in [2.24, 2.45) is 0 Å². The molecule has 0 aliphatic carbocycles. The van der Waals surface area contributed by atoms with Crippen LogP contribution in [-0.2, 0) is 16.6 Å². The minimum atomic E-state index is -3.51. The van der Waals surface area contributed by atoms with E-state index in [0.29, 0.717) is 18.0 Å². The summed E-state index contributed by atoms with van der Waals surface area (Å²) < 4.78 is 29.1. The van der Waals surface area contributed by atoms with Crippen molar-refractivity contribution in [1.29, 1.82) is 0 Å². The largest absolute Gasteiger partial charge is 0.366 e. The van der Waals surface area contributed by atoms with Gasteiger partial charge in [-0.3, -0.25) is 0 Å². The molecule has 0 saturated carbocycles. The van der Waals surface area contributed by atoms with E-state index < -0.39 is 10.0 Å². The summed E-state index contributed by atoms with van der Waals surface area (Å²) >= 11 is 3.48. The van der Waals surface area contributed by atoms with Crippen LogP contribution in [0.2, 0.25) is 0 Å². The second-order valence-corrected chi connectivity index (χ2v) is 9.21. The Labute approximate surface area is 151 Å². The smallest absolute Gasteiger partial charge is 0.245 e. The van der Waals surface area contributed by atoms with Gasteiger partial charge in [0.1, 0.15) is 4.90 Å². The fraction of sp³-hybridized carbons (Fsp3) is 0.333. The van der Waals surface area contributed by atoms with Gasteiger partial charge in [-0.1, -0.05) is 46.3 Å². The summed E-state index contributed by atoms with van der Waals surface area (Å²) in [7, 11) is -3.51. The maximum atomic E-state index is 13.3. The van der Waals surface area contributed by atoms with Gasteiger partial charge in [0.05, 0.1) is 5.69 Å². The van der Waals surface area contributed by atoms with Crippen LogP contribution in [0, 0.1) is 0 Å². The molecule has 1 saturated heterocycles. The minimum Gasteiger partial charge on any atom is -0.366 e. The van der Waals surface area contributed by atoms with Crippen molar-refractivity contribution in [3.63, 3.8) is 0 Å². The van der Waals surface area contributed by atoms with E-state index in [1.54, 1.807) is 10.4 Å². The number of hydrogen-bond donors (Lipinski definition) is 0. The summed E-state index contributed by atoms with van der Waals surface area (Å²) in [4.78, 5) is 2.69. The molecule has 0 spiro atoms. The molecule has 0 N–H and O–H groups in total. The summed E-state index contributed by atoms with van der Waals surface area (Å²) in [6, 6.07) is 15.5. The van der Waals surface area contributed by atoms with E-state index in [9.17, 15) is 8.42 Å². The van der Waals surface area contributed by atoms with Gasteiger partial charge in [-0.2, -0.15) is 4.31 Å². The normalized spacial score (nSPS) is 22.7. The van der Waals surface area contributed by atoms with Crippen molar-refractivity contribution in [2.75, 3.05) is 18.0 Å². The highest BCUT2D eigenvalue weighted by atomic mass is 79.9. The fourth-order valence-corrected chi connectivity index (χ4v) is 5.68. The molecule has 6 heteroatoms. The third kappa shape index (κ3) is 2.76. The molecule has 0 aromatic heterocycles. The van der Waals surface area contributed by atoms with Crippen molar-refractivity contribution >= 4 is 31.6 Å². The van der Waals surface area contributed by atoms with Gasteiger partial charge in [0, 0.05) is 30.1 Å². The molecular weight excluding hydrogens is 388 g/mol. The van der Waals surface area contributed by atoms with Gasteiger partial charge in [0.25, 0.3) is 0 Å². The Morgan fingerprint density at radius 1 is 1.12 bits per heavy atom. The summed E-state index contributed by atoms with van der Waals surface area (Å²) in [5, 5.41) is 0. The van der Waals surface area contributed by atoms with Crippen molar-refractivity contribution in [3.8, 4) is 0 Å². The molecule has 1 atom stereocenters. The Balaban J connectivity index is 1.81. The van der Waals surface area contributed by atoms with Gasteiger partial charge in [-0.05, 0) is 36.6 Å². The molecule has 2 aliphatic heterocycles. The third-order valence-corrected chi connectivity index (χ3v) is 7.19. The van der Waals surface area contributed by atoms with Gasteiger partial charge in [0.2, 0.25) is 10.0 Å². The molecule has 0 unspecified atom stereocenters. The molecule has 0 radical (unpaired) electrons. The molecule has 2 aliphatic rings. The average Bonchev–Trinajstić information content (AvgIpc) is 3.00. The monoisotopic (exact) mass is 406 g/mol. The van der Waals surface area contributed by atoms with Crippen LogP contribution in [0.4, 0.5) is 5.69 Å². The molecule has 2 aromatic carbocycles. The van der Waals surface area contributed by atoms with Gasteiger partial charge < -0.3 is 4.90 Å². The van der Waals surface area contributed by atoms with E-state index in [2.05, 4.69) is 20.8 Å². The van der Waals surface area contributed by atoms with Crippen LogP contribution in [0.15, 0.2) is 57.9 Å². The molecule has 1 fully saturated rings. The van der Waals surface area contributed by atoms with Crippen molar-refractivity contribution < 1.29 is 8.42 Å². The van der Waals surface area contributed by atoms with E-state index in [1.807, 2.05) is 42.5 Å². The second-order valence-electron chi connectivity index (χ2n) is 6.38.